The van der Waals surface area contributed by atoms with Crippen LogP contribution in [0.2, 0.25) is 0 Å². The molecular formula is C14H15N3O3S. The highest BCUT2D eigenvalue weighted by atomic mass is 32.2. The van der Waals surface area contributed by atoms with Crippen LogP contribution in [0.15, 0.2) is 30.6 Å². The number of nitrogens with zero attached hydrogens (tertiary/aromatic N) is 3. The number of carbonyl (C=O) groups is 1. The quantitative estimate of drug-likeness (QED) is 0.800. The van der Waals surface area contributed by atoms with E-state index in [0.29, 0.717) is 29.9 Å². The molecule has 0 bridgehead atoms. The Morgan fingerprint density at radius 2 is 2.00 bits per heavy atom. The Morgan fingerprint density at radius 3 is 2.62 bits per heavy atom. The van der Waals surface area contributed by atoms with Gasteiger partial charge in [-0.15, -0.1) is 0 Å². The van der Waals surface area contributed by atoms with Gasteiger partial charge >= 0.3 is 0 Å². The van der Waals surface area contributed by atoms with Crippen LogP contribution in [-0.2, 0) is 9.84 Å². The molecule has 0 amide bonds. The van der Waals surface area contributed by atoms with E-state index in [2.05, 4.69) is 10.1 Å². The van der Waals surface area contributed by atoms with Crippen molar-refractivity contribution in [3.63, 3.8) is 0 Å². The summed E-state index contributed by atoms with van der Waals surface area (Å²) >= 11 is 0. The van der Waals surface area contributed by atoms with Gasteiger partial charge in [0.1, 0.15) is 9.84 Å². The fraction of sp³-hybridized carbons (Fsp3) is 0.357. The van der Waals surface area contributed by atoms with E-state index < -0.39 is 9.84 Å². The lowest BCUT2D eigenvalue weighted by atomic mass is 9.96. The zero-order chi connectivity index (χ0) is 14.9. The molecule has 1 saturated heterocycles. The molecule has 0 unspecified atom stereocenters. The number of hydrogen-bond acceptors (Lipinski definition) is 5. The van der Waals surface area contributed by atoms with Gasteiger partial charge in [-0.05, 0) is 25.0 Å². The summed E-state index contributed by atoms with van der Waals surface area (Å²) in [6.07, 6.45) is 5.11. The number of aromatic nitrogens is 3. The first kappa shape index (κ1) is 13.9. The predicted octanol–water partition coefficient (Wildman–Crippen LogP) is 1.37. The highest BCUT2D eigenvalue weighted by molar-refractivity contribution is 7.91. The molecule has 110 valence electrons. The van der Waals surface area contributed by atoms with Crippen molar-refractivity contribution in [3.05, 3.63) is 41.9 Å². The lowest BCUT2D eigenvalue weighted by Crippen LogP contribution is -2.23. The minimum atomic E-state index is -2.92. The molecule has 1 fully saturated rings. The molecule has 0 aliphatic carbocycles. The SMILES string of the molecule is O=Cc1cn(-c2ccccn2)nc1C1CCS(=O)(=O)CC1. The lowest BCUT2D eigenvalue weighted by Gasteiger charge is -2.20. The number of aldehydes is 1. The summed E-state index contributed by atoms with van der Waals surface area (Å²) in [7, 11) is -2.92. The third-order valence-electron chi connectivity index (χ3n) is 3.72. The zero-order valence-electron chi connectivity index (χ0n) is 11.3. The summed E-state index contributed by atoms with van der Waals surface area (Å²) in [5.74, 6) is 0.965. The smallest absolute Gasteiger partial charge is 0.153 e. The van der Waals surface area contributed by atoms with Gasteiger partial charge in [-0.1, -0.05) is 6.07 Å². The molecule has 0 atom stereocenters. The van der Waals surface area contributed by atoms with Crippen LogP contribution in [0.1, 0.15) is 34.8 Å². The number of hydrogen-bond donors (Lipinski definition) is 0. The van der Waals surface area contributed by atoms with Crippen LogP contribution in [0.4, 0.5) is 0 Å². The van der Waals surface area contributed by atoms with Gasteiger partial charge in [0, 0.05) is 18.3 Å². The van der Waals surface area contributed by atoms with Crippen LogP contribution in [0, 0.1) is 0 Å². The fourth-order valence-electron chi connectivity index (χ4n) is 2.58. The molecule has 2 aromatic heterocycles. The van der Waals surface area contributed by atoms with Gasteiger partial charge in [0.25, 0.3) is 0 Å². The molecule has 3 rings (SSSR count). The molecule has 2 aromatic rings. The summed E-state index contributed by atoms with van der Waals surface area (Å²) in [5, 5.41) is 4.45. The molecule has 1 aliphatic heterocycles. The summed E-state index contributed by atoms with van der Waals surface area (Å²) in [5.41, 5.74) is 1.18. The lowest BCUT2D eigenvalue weighted by molar-refractivity contribution is 0.112. The highest BCUT2D eigenvalue weighted by Crippen LogP contribution is 2.30. The molecule has 6 nitrogen and oxygen atoms in total. The van der Waals surface area contributed by atoms with Gasteiger partial charge in [0.2, 0.25) is 0 Å². The van der Waals surface area contributed by atoms with Crippen LogP contribution in [-0.4, -0.2) is 41.0 Å². The molecular weight excluding hydrogens is 290 g/mol. The monoisotopic (exact) mass is 305 g/mol. The largest absolute Gasteiger partial charge is 0.298 e. The van der Waals surface area contributed by atoms with Crippen molar-refractivity contribution in [3.8, 4) is 5.82 Å². The van der Waals surface area contributed by atoms with E-state index in [0.717, 1.165) is 6.29 Å². The molecule has 3 heterocycles. The fourth-order valence-corrected chi connectivity index (χ4v) is 4.07. The molecule has 0 aromatic carbocycles. The molecule has 0 radical (unpaired) electrons. The van der Waals surface area contributed by atoms with E-state index in [4.69, 9.17) is 0 Å². The van der Waals surface area contributed by atoms with Gasteiger partial charge in [-0.2, -0.15) is 5.10 Å². The molecule has 21 heavy (non-hydrogen) atoms. The minimum absolute atomic E-state index is 0.0127. The van der Waals surface area contributed by atoms with Crippen molar-refractivity contribution in [2.24, 2.45) is 0 Å². The Hall–Kier alpha value is -2.02. The van der Waals surface area contributed by atoms with Gasteiger partial charge < -0.3 is 0 Å². The van der Waals surface area contributed by atoms with E-state index in [1.807, 2.05) is 6.07 Å². The molecule has 0 N–H and O–H groups in total. The summed E-state index contributed by atoms with van der Waals surface area (Å²) in [6.45, 7) is 0. The van der Waals surface area contributed by atoms with Crippen molar-refractivity contribution in [1.29, 1.82) is 0 Å². The molecule has 0 saturated carbocycles. The van der Waals surface area contributed by atoms with E-state index >= 15 is 0 Å². The third kappa shape index (κ3) is 2.87. The summed E-state index contributed by atoms with van der Waals surface area (Å²) in [4.78, 5) is 15.4. The maximum atomic E-state index is 11.5. The van der Waals surface area contributed by atoms with Crippen LogP contribution < -0.4 is 0 Å². The van der Waals surface area contributed by atoms with Gasteiger partial charge in [-0.3, -0.25) is 4.79 Å². The number of rotatable bonds is 3. The summed E-state index contributed by atoms with van der Waals surface area (Å²) < 4.78 is 24.6. The second-order valence-electron chi connectivity index (χ2n) is 5.15. The third-order valence-corrected chi connectivity index (χ3v) is 5.44. The van der Waals surface area contributed by atoms with E-state index in [-0.39, 0.29) is 17.4 Å². The average Bonchev–Trinajstić information content (AvgIpc) is 2.92. The topological polar surface area (TPSA) is 81.9 Å². The van der Waals surface area contributed by atoms with E-state index in [1.54, 1.807) is 29.2 Å². The van der Waals surface area contributed by atoms with Crippen molar-refractivity contribution in [2.75, 3.05) is 11.5 Å². The van der Waals surface area contributed by atoms with Crippen molar-refractivity contribution in [1.82, 2.24) is 14.8 Å². The number of carbonyl (C=O) groups excluding carboxylic acids is 1. The Balaban J connectivity index is 1.92. The highest BCUT2D eigenvalue weighted by Gasteiger charge is 2.28. The van der Waals surface area contributed by atoms with E-state index in [9.17, 15) is 13.2 Å². The van der Waals surface area contributed by atoms with Gasteiger partial charge in [0.15, 0.2) is 12.1 Å². The maximum Gasteiger partial charge on any atom is 0.153 e. The second-order valence-corrected chi connectivity index (χ2v) is 7.45. The van der Waals surface area contributed by atoms with Crippen LogP contribution in [0.5, 0.6) is 0 Å². The van der Waals surface area contributed by atoms with Crippen molar-refractivity contribution < 1.29 is 13.2 Å². The van der Waals surface area contributed by atoms with E-state index in [1.165, 1.54) is 0 Å². The van der Waals surface area contributed by atoms with Crippen molar-refractivity contribution in [2.45, 2.75) is 18.8 Å². The van der Waals surface area contributed by atoms with Crippen LogP contribution >= 0.6 is 0 Å². The first-order chi connectivity index (χ1) is 10.1. The summed E-state index contributed by atoms with van der Waals surface area (Å²) in [6, 6.07) is 5.45. The first-order valence-electron chi connectivity index (χ1n) is 6.75. The Bertz CT molecular complexity index is 739. The number of sulfone groups is 1. The number of pyridine rings is 1. The van der Waals surface area contributed by atoms with Crippen molar-refractivity contribution >= 4 is 16.1 Å². The Morgan fingerprint density at radius 1 is 1.24 bits per heavy atom. The Kier molecular flexibility index (Phi) is 3.59. The standard InChI is InChI=1S/C14H15N3O3S/c18-10-12-9-17(13-3-1-2-6-15-13)16-14(12)11-4-7-21(19,20)8-5-11/h1-3,6,9-11H,4-5,7-8H2. The molecule has 1 aliphatic rings. The normalized spacial score (nSPS) is 18.5. The zero-order valence-corrected chi connectivity index (χ0v) is 12.2. The molecule has 7 heteroatoms. The predicted molar refractivity (Wildman–Crippen MR) is 77.4 cm³/mol. The van der Waals surface area contributed by atoms with Crippen LogP contribution in [0.3, 0.4) is 0 Å². The average molecular weight is 305 g/mol. The molecule has 0 spiro atoms. The van der Waals surface area contributed by atoms with Gasteiger partial charge in [-0.25, -0.2) is 18.1 Å². The second kappa shape index (κ2) is 5.40. The van der Waals surface area contributed by atoms with Crippen LogP contribution in [0.25, 0.3) is 5.82 Å². The first-order valence-corrected chi connectivity index (χ1v) is 8.58. The Labute approximate surface area is 122 Å². The minimum Gasteiger partial charge on any atom is -0.298 e. The van der Waals surface area contributed by atoms with Gasteiger partial charge in [0.05, 0.1) is 22.8 Å². The maximum absolute atomic E-state index is 11.5.